The van der Waals surface area contributed by atoms with Gasteiger partial charge in [0.05, 0.1) is 17.3 Å². The maximum atomic E-state index is 9.31. The second-order valence-corrected chi connectivity index (χ2v) is 5.16. The van der Waals surface area contributed by atoms with Gasteiger partial charge >= 0.3 is 0 Å². The lowest BCUT2D eigenvalue weighted by Crippen LogP contribution is -2.40. The van der Waals surface area contributed by atoms with Crippen molar-refractivity contribution in [1.29, 1.82) is 0 Å². The molecule has 1 aromatic rings. The topological polar surface area (TPSA) is 35.5 Å². The van der Waals surface area contributed by atoms with E-state index in [1.165, 1.54) is 0 Å². The molecular formula is C13H19ClN2O. The molecule has 2 N–H and O–H groups in total. The predicted molar refractivity (Wildman–Crippen MR) is 71.7 cm³/mol. The Morgan fingerprint density at radius 1 is 1.41 bits per heavy atom. The van der Waals surface area contributed by atoms with E-state index in [1.54, 1.807) is 0 Å². The number of rotatable bonds is 2. The zero-order valence-corrected chi connectivity index (χ0v) is 10.8. The molecule has 0 aliphatic carbocycles. The molecule has 94 valence electrons. The summed E-state index contributed by atoms with van der Waals surface area (Å²) in [5.74, 6) is 0.544. The first-order valence-electron chi connectivity index (χ1n) is 6.04. The Morgan fingerprint density at radius 3 is 2.88 bits per heavy atom. The Morgan fingerprint density at radius 2 is 2.18 bits per heavy atom. The van der Waals surface area contributed by atoms with Crippen LogP contribution in [0.4, 0.5) is 5.69 Å². The molecule has 0 amide bonds. The number of nitrogens with zero attached hydrogens (tertiary/aromatic N) is 1. The summed E-state index contributed by atoms with van der Waals surface area (Å²) in [6.45, 7) is 5.06. The van der Waals surface area contributed by atoms with Crippen LogP contribution in [0.1, 0.15) is 6.92 Å². The lowest BCUT2D eigenvalue weighted by Gasteiger charge is -2.27. The van der Waals surface area contributed by atoms with Crippen LogP contribution < -0.4 is 10.2 Å². The highest BCUT2D eigenvalue weighted by molar-refractivity contribution is 6.33. The van der Waals surface area contributed by atoms with Crippen LogP contribution in [0.15, 0.2) is 24.3 Å². The molecular weight excluding hydrogens is 236 g/mol. The summed E-state index contributed by atoms with van der Waals surface area (Å²) in [4.78, 5) is 2.26. The van der Waals surface area contributed by atoms with Crippen LogP contribution in [0.3, 0.4) is 0 Å². The van der Waals surface area contributed by atoms with Crippen LogP contribution in [0, 0.1) is 5.92 Å². The van der Waals surface area contributed by atoms with Crippen molar-refractivity contribution in [3.05, 3.63) is 29.3 Å². The van der Waals surface area contributed by atoms with E-state index in [0.717, 1.165) is 30.3 Å². The summed E-state index contributed by atoms with van der Waals surface area (Å²) >= 11 is 6.22. The third-order valence-electron chi connectivity index (χ3n) is 3.14. The molecule has 0 aromatic heterocycles. The first-order valence-corrected chi connectivity index (χ1v) is 6.42. The van der Waals surface area contributed by atoms with Gasteiger partial charge in [-0.25, -0.2) is 0 Å². The number of para-hydroxylation sites is 1. The van der Waals surface area contributed by atoms with E-state index in [2.05, 4.69) is 17.1 Å². The maximum Gasteiger partial charge on any atom is 0.0639 e. The minimum absolute atomic E-state index is 0.122. The van der Waals surface area contributed by atoms with Crippen LogP contribution in [-0.2, 0) is 0 Å². The Labute approximate surface area is 107 Å². The van der Waals surface area contributed by atoms with Crippen molar-refractivity contribution >= 4 is 17.3 Å². The molecule has 1 aliphatic rings. The van der Waals surface area contributed by atoms with E-state index in [4.69, 9.17) is 11.6 Å². The Balaban J connectivity index is 2.20. The number of hydrogen-bond acceptors (Lipinski definition) is 3. The molecule has 17 heavy (non-hydrogen) atoms. The van der Waals surface area contributed by atoms with Gasteiger partial charge in [-0.3, -0.25) is 0 Å². The summed E-state index contributed by atoms with van der Waals surface area (Å²) in [5.41, 5.74) is 1.06. The lowest BCUT2D eigenvalue weighted by atomic mass is 10.1. The molecule has 1 aromatic carbocycles. The van der Waals surface area contributed by atoms with Gasteiger partial charge < -0.3 is 15.3 Å². The lowest BCUT2D eigenvalue weighted by molar-refractivity contribution is 0.247. The van der Waals surface area contributed by atoms with Gasteiger partial charge in [0.15, 0.2) is 0 Å². The fourth-order valence-electron chi connectivity index (χ4n) is 2.24. The van der Waals surface area contributed by atoms with Gasteiger partial charge in [-0.2, -0.15) is 0 Å². The van der Waals surface area contributed by atoms with Crippen molar-refractivity contribution in [2.75, 3.05) is 31.1 Å². The largest absolute Gasteiger partial charge is 0.395 e. The van der Waals surface area contributed by atoms with Crippen LogP contribution in [0.5, 0.6) is 0 Å². The van der Waals surface area contributed by atoms with Crippen molar-refractivity contribution < 1.29 is 5.11 Å². The van der Waals surface area contributed by atoms with Crippen LogP contribution in [0.25, 0.3) is 0 Å². The molecule has 3 nitrogen and oxygen atoms in total. The molecule has 4 heteroatoms. The number of nitrogens with one attached hydrogen (secondary N) is 1. The van der Waals surface area contributed by atoms with Gasteiger partial charge in [0.2, 0.25) is 0 Å². The van der Waals surface area contributed by atoms with Gasteiger partial charge in [0.1, 0.15) is 0 Å². The number of anilines is 1. The standard InChI is InChI=1S/C13H19ClN2O/c1-10-6-15-11(9-17)8-16(7-10)13-5-3-2-4-12(13)14/h2-5,10-11,15,17H,6-9H2,1H3. The second kappa shape index (κ2) is 5.71. The third-order valence-corrected chi connectivity index (χ3v) is 3.46. The van der Waals surface area contributed by atoms with E-state index in [9.17, 15) is 5.11 Å². The van der Waals surface area contributed by atoms with E-state index in [0.29, 0.717) is 5.92 Å². The molecule has 0 radical (unpaired) electrons. The Kier molecular flexibility index (Phi) is 4.26. The number of aliphatic hydroxyl groups is 1. The summed E-state index contributed by atoms with van der Waals surface area (Å²) < 4.78 is 0. The van der Waals surface area contributed by atoms with Gasteiger partial charge in [-0.15, -0.1) is 0 Å². The zero-order valence-electron chi connectivity index (χ0n) is 10.1. The van der Waals surface area contributed by atoms with Crippen LogP contribution >= 0.6 is 11.6 Å². The quantitative estimate of drug-likeness (QED) is 0.844. The minimum atomic E-state index is 0.122. The van der Waals surface area contributed by atoms with Crippen LogP contribution in [-0.4, -0.2) is 37.4 Å². The molecule has 2 rings (SSSR count). The molecule has 0 bridgehead atoms. The van der Waals surface area contributed by atoms with E-state index < -0.39 is 0 Å². The highest BCUT2D eigenvalue weighted by Gasteiger charge is 2.22. The normalized spacial score (nSPS) is 25.7. The fourth-order valence-corrected chi connectivity index (χ4v) is 2.50. The Bertz CT molecular complexity index is 372. The maximum absolute atomic E-state index is 9.31. The van der Waals surface area contributed by atoms with Gasteiger partial charge in [-0.05, 0) is 24.6 Å². The summed E-state index contributed by atoms with van der Waals surface area (Å²) in [5, 5.41) is 13.5. The van der Waals surface area contributed by atoms with Crippen LogP contribution in [0.2, 0.25) is 5.02 Å². The van der Waals surface area contributed by atoms with E-state index in [1.807, 2.05) is 24.3 Å². The number of hydrogen-bond donors (Lipinski definition) is 2. The first-order chi connectivity index (χ1) is 8.20. The first kappa shape index (κ1) is 12.7. The SMILES string of the molecule is CC1CNC(CO)CN(c2ccccc2Cl)C1. The van der Waals surface area contributed by atoms with E-state index >= 15 is 0 Å². The minimum Gasteiger partial charge on any atom is -0.395 e. The molecule has 2 unspecified atom stereocenters. The average molecular weight is 255 g/mol. The number of benzene rings is 1. The monoisotopic (exact) mass is 254 g/mol. The fraction of sp³-hybridized carbons (Fsp3) is 0.538. The zero-order chi connectivity index (χ0) is 12.3. The van der Waals surface area contributed by atoms with Crippen molar-refractivity contribution in [2.24, 2.45) is 5.92 Å². The average Bonchev–Trinajstić information content (AvgIpc) is 2.51. The third kappa shape index (κ3) is 3.12. The number of halogens is 1. The summed E-state index contributed by atoms with van der Waals surface area (Å²) in [7, 11) is 0. The van der Waals surface area contributed by atoms with Crippen molar-refractivity contribution in [2.45, 2.75) is 13.0 Å². The Hall–Kier alpha value is -0.770. The molecule has 1 saturated heterocycles. The van der Waals surface area contributed by atoms with E-state index in [-0.39, 0.29) is 12.6 Å². The molecule has 2 atom stereocenters. The van der Waals surface area contributed by atoms with Gasteiger partial charge in [0.25, 0.3) is 0 Å². The van der Waals surface area contributed by atoms with Crippen molar-refractivity contribution in [3.63, 3.8) is 0 Å². The summed E-state index contributed by atoms with van der Waals surface area (Å²) in [6, 6.07) is 8.01. The molecule has 1 aliphatic heterocycles. The molecule has 1 heterocycles. The van der Waals surface area contributed by atoms with Gasteiger partial charge in [0, 0.05) is 19.1 Å². The number of aliphatic hydroxyl groups excluding tert-OH is 1. The molecule has 0 spiro atoms. The highest BCUT2D eigenvalue weighted by Crippen LogP contribution is 2.26. The van der Waals surface area contributed by atoms with Crippen molar-refractivity contribution in [1.82, 2.24) is 5.32 Å². The smallest absolute Gasteiger partial charge is 0.0639 e. The van der Waals surface area contributed by atoms with Gasteiger partial charge in [-0.1, -0.05) is 30.7 Å². The van der Waals surface area contributed by atoms with Crippen molar-refractivity contribution in [3.8, 4) is 0 Å². The summed E-state index contributed by atoms with van der Waals surface area (Å²) in [6.07, 6.45) is 0. The molecule has 0 saturated carbocycles. The second-order valence-electron chi connectivity index (χ2n) is 4.75. The predicted octanol–water partition coefficient (Wildman–Crippen LogP) is 1.75. The highest BCUT2D eigenvalue weighted by atomic mass is 35.5. The molecule has 1 fully saturated rings.